The van der Waals surface area contributed by atoms with Crippen molar-refractivity contribution in [3.8, 4) is 0 Å². The third-order valence-corrected chi connectivity index (χ3v) is 9.91. The molecule has 3 heterocycles. The molecule has 4 fully saturated rings. The summed E-state index contributed by atoms with van der Waals surface area (Å²) in [4.78, 5) is 25.1. The van der Waals surface area contributed by atoms with E-state index in [0.717, 1.165) is 25.7 Å². The van der Waals surface area contributed by atoms with Gasteiger partial charge in [0.1, 0.15) is 0 Å². The summed E-state index contributed by atoms with van der Waals surface area (Å²) in [6, 6.07) is 1.71. The second-order valence-corrected chi connectivity index (χ2v) is 12.4. The van der Waals surface area contributed by atoms with E-state index in [1.165, 1.54) is 12.6 Å². The Morgan fingerprint density at radius 2 is 2.00 bits per heavy atom. The van der Waals surface area contributed by atoms with Crippen LogP contribution in [0.2, 0.25) is 0 Å². The van der Waals surface area contributed by atoms with Crippen LogP contribution in [-0.2, 0) is 19.3 Å². The highest BCUT2D eigenvalue weighted by Crippen LogP contribution is 2.65. The number of aromatic nitrogens is 2. The fraction of sp³-hybridized carbons (Fsp3) is 0.727. The van der Waals surface area contributed by atoms with Gasteiger partial charge in [0.2, 0.25) is 0 Å². The fourth-order valence-electron chi connectivity index (χ4n) is 5.48. The molecule has 2 unspecified atom stereocenters. The molecule has 2 aliphatic carbocycles. The Labute approximate surface area is 183 Å². The molecule has 0 bridgehead atoms. The molecule has 1 aromatic heterocycles. The van der Waals surface area contributed by atoms with Gasteiger partial charge in [-0.25, -0.2) is 4.21 Å². The van der Waals surface area contributed by atoms with Crippen LogP contribution in [0.1, 0.15) is 67.4 Å². The Balaban J connectivity index is 1.20. The van der Waals surface area contributed by atoms with E-state index in [1.807, 2.05) is 0 Å². The maximum absolute atomic E-state index is 13.2. The van der Waals surface area contributed by atoms with E-state index in [2.05, 4.69) is 19.9 Å². The highest BCUT2D eigenvalue weighted by atomic mass is 32.2. The van der Waals surface area contributed by atoms with Crippen molar-refractivity contribution in [2.24, 2.45) is 15.7 Å². The maximum Gasteiger partial charge on any atom is 0.257 e. The van der Waals surface area contributed by atoms with Crippen molar-refractivity contribution in [1.29, 1.82) is 0 Å². The fourth-order valence-corrected chi connectivity index (χ4v) is 7.71. The maximum atomic E-state index is 13.2. The largest absolute Gasteiger partial charge is 0.375 e. The first-order valence-corrected chi connectivity index (χ1v) is 13.2. The van der Waals surface area contributed by atoms with Gasteiger partial charge in [-0.05, 0) is 63.4 Å². The molecule has 0 radical (unpaired) electrons. The standard InChI is InChI=1S/C22H30N4O4S/c1-15-11-16(14-23-25-15)19(27)24-17-3-8-30-22(12-17)6-9-31(29,10-7-22)26-20(28)18-13-21(18)4-2-5-21/h11,14,17-18H,2-10,12-13H2,1H3,(H,24,27). The Kier molecular flexibility index (Phi) is 5.16. The SMILES string of the molecule is Cc1cc(C(=O)NC2CCOC3(CCS(=O)(=NC(=O)C4CC45CCC5)CC3)C2)cnn1. The minimum Gasteiger partial charge on any atom is -0.375 e. The number of carbonyl (C=O) groups excluding carboxylic acids is 2. The monoisotopic (exact) mass is 446 g/mol. The molecule has 8 nitrogen and oxygen atoms in total. The van der Waals surface area contributed by atoms with Crippen LogP contribution in [0, 0.1) is 18.3 Å². The molecule has 2 atom stereocenters. The Hall–Kier alpha value is -1.87. The summed E-state index contributed by atoms with van der Waals surface area (Å²) in [6.07, 6.45) is 8.51. The van der Waals surface area contributed by atoms with Crippen LogP contribution in [0.5, 0.6) is 0 Å². The average Bonchev–Trinajstić information content (AvgIpc) is 3.48. The number of nitrogens with one attached hydrogen (secondary N) is 1. The molecule has 0 aromatic carbocycles. The van der Waals surface area contributed by atoms with E-state index in [0.29, 0.717) is 48.6 Å². The number of hydrogen-bond donors (Lipinski definition) is 1. The van der Waals surface area contributed by atoms with E-state index in [4.69, 9.17) is 4.74 Å². The van der Waals surface area contributed by atoms with Crippen molar-refractivity contribution in [3.63, 3.8) is 0 Å². The molecule has 2 saturated carbocycles. The van der Waals surface area contributed by atoms with Gasteiger partial charge in [0.25, 0.3) is 11.8 Å². The molecule has 2 saturated heterocycles. The number of ether oxygens (including phenoxy) is 1. The molecule has 2 spiro atoms. The summed E-state index contributed by atoms with van der Waals surface area (Å²) in [6.45, 7) is 2.36. The van der Waals surface area contributed by atoms with Gasteiger partial charge in [-0.15, -0.1) is 0 Å². The van der Waals surface area contributed by atoms with Gasteiger partial charge in [-0.2, -0.15) is 14.6 Å². The lowest BCUT2D eigenvalue weighted by Crippen LogP contribution is -2.52. The average molecular weight is 447 g/mol. The zero-order chi connectivity index (χ0) is 21.7. The number of nitrogens with zero attached hydrogens (tertiary/aromatic N) is 3. The van der Waals surface area contributed by atoms with Crippen molar-refractivity contribution in [2.75, 3.05) is 18.1 Å². The van der Waals surface area contributed by atoms with Crippen LogP contribution in [-0.4, -0.2) is 56.0 Å². The number of aryl methyl sites for hydroxylation is 1. The van der Waals surface area contributed by atoms with Crippen LogP contribution < -0.4 is 5.32 Å². The van der Waals surface area contributed by atoms with Gasteiger partial charge >= 0.3 is 0 Å². The zero-order valence-corrected chi connectivity index (χ0v) is 18.8. The van der Waals surface area contributed by atoms with Crippen LogP contribution in [0.3, 0.4) is 0 Å². The first-order chi connectivity index (χ1) is 14.8. The second kappa shape index (κ2) is 7.62. The quantitative estimate of drug-likeness (QED) is 0.763. The predicted octanol–water partition coefficient (Wildman–Crippen LogP) is 2.41. The molecular weight excluding hydrogens is 416 g/mol. The van der Waals surface area contributed by atoms with Crippen molar-refractivity contribution in [2.45, 2.75) is 69.9 Å². The molecule has 2 aliphatic heterocycles. The van der Waals surface area contributed by atoms with E-state index in [-0.39, 0.29) is 29.2 Å². The topological polar surface area (TPSA) is 111 Å². The number of carbonyl (C=O) groups is 2. The summed E-state index contributed by atoms with van der Waals surface area (Å²) in [5.41, 5.74) is 1.02. The van der Waals surface area contributed by atoms with Gasteiger partial charge in [-0.3, -0.25) is 9.59 Å². The number of rotatable bonds is 3. The van der Waals surface area contributed by atoms with E-state index < -0.39 is 15.3 Å². The first kappa shape index (κ1) is 21.0. The minimum atomic E-state index is -2.50. The van der Waals surface area contributed by atoms with Crippen LogP contribution in [0.25, 0.3) is 0 Å². The Bertz CT molecular complexity index is 1010. The van der Waals surface area contributed by atoms with Crippen molar-refractivity contribution in [1.82, 2.24) is 15.5 Å². The predicted molar refractivity (Wildman–Crippen MR) is 115 cm³/mol. The Morgan fingerprint density at radius 3 is 2.65 bits per heavy atom. The summed E-state index contributed by atoms with van der Waals surface area (Å²) in [7, 11) is -2.50. The zero-order valence-electron chi connectivity index (χ0n) is 18.0. The van der Waals surface area contributed by atoms with Crippen molar-refractivity contribution in [3.05, 3.63) is 23.5 Å². The summed E-state index contributed by atoms with van der Waals surface area (Å²) < 4.78 is 23.6. The van der Waals surface area contributed by atoms with Crippen LogP contribution in [0.4, 0.5) is 0 Å². The molecule has 168 valence electrons. The molecule has 2 amide bonds. The third kappa shape index (κ3) is 4.14. The molecular formula is C22H30N4O4S. The van der Waals surface area contributed by atoms with Crippen molar-refractivity contribution >= 4 is 21.5 Å². The number of hydrogen-bond acceptors (Lipinski definition) is 6. The van der Waals surface area contributed by atoms with Gasteiger partial charge in [0.15, 0.2) is 0 Å². The van der Waals surface area contributed by atoms with Crippen LogP contribution in [0.15, 0.2) is 16.6 Å². The lowest BCUT2D eigenvalue weighted by molar-refractivity contribution is -0.120. The van der Waals surface area contributed by atoms with E-state index >= 15 is 0 Å². The molecule has 31 heavy (non-hydrogen) atoms. The van der Waals surface area contributed by atoms with Gasteiger partial charge in [0.05, 0.1) is 32.8 Å². The first-order valence-electron chi connectivity index (χ1n) is 11.3. The second-order valence-electron chi connectivity index (χ2n) is 9.86. The number of amides is 2. The lowest BCUT2D eigenvalue weighted by Gasteiger charge is -2.44. The molecule has 5 rings (SSSR count). The van der Waals surface area contributed by atoms with Crippen molar-refractivity contribution < 1.29 is 18.5 Å². The smallest absolute Gasteiger partial charge is 0.257 e. The molecule has 1 aromatic rings. The molecule has 4 aliphatic rings. The Morgan fingerprint density at radius 1 is 1.23 bits per heavy atom. The lowest BCUT2D eigenvalue weighted by atomic mass is 9.80. The minimum absolute atomic E-state index is 0.00705. The van der Waals surface area contributed by atoms with E-state index in [1.54, 1.807) is 13.0 Å². The summed E-state index contributed by atoms with van der Waals surface area (Å²) in [5, 5.41) is 10.8. The van der Waals surface area contributed by atoms with Gasteiger partial charge in [-0.1, -0.05) is 6.42 Å². The molecule has 1 N–H and O–H groups in total. The molecule has 9 heteroatoms. The summed E-state index contributed by atoms with van der Waals surface area (Å²) >= 11 is 0. The summed E-state index contributed by atoms with van der Waals surface area (Å²) in [5.74, 6) is 0.526. The van der Waals surface area contributed by atoms with E-state index in [9.17, 15) is 13.8 Å². The van der Waals surface area contributed by atoms with Gasteiger partial charge < -0.3 is 10.1 Å². The highest BCUT2D eigenvalue weighted by molar-refractivity contribution is 7.93. The van der Waals surface area contributed by atoms with Crippen LogP contribution >= 0.6 is 0 Å². The third-order valence-electron chi connectivity index (χ3n) is 7.71. The highest BCUT2D eigenvalue weighted by Gasteiger charge is 2.61. The normalized spacial score (nSPS) is 35.9. The van der Waals surface area contributed by atoms with Gasteiger partial charge in [0, 0.05) is 30.1 Å².